The number of carbonyl (C=O) groups is 1. The van der Waals surface area contributed by atoms with Gasteiger partial charge in [-0.05, 0) is 18.1 Å². The Morgan fingerprint density at radius 1 is 1.35 bits per heavy atom. The maximum Gasteiger partial charge on any atom is 0.254 e. The lowest BCUT2D eigenvalue weighted by Crippen LogP contribution is -2.46. The highest BCUT2D eigenvalue weighted by molar-refractivity contribution is 6.32. The van der Waals surface area contributed by atoms with Gasteiger partial charge >= 0.3 is 0 Å². The molecule has 7 heteroatoms. The van der Waals surface area contributed by atoms with Crippen molar-refractivity contribution in [3.63, 3.8) is 0 Å². The number of halogens is 2. The molecule has 1 aliphatic rings. The van der Waals surface area contributed by atoms with Crippen LogP contribution >= 0.6 is 24.0 Å². The summed E-state index contributed by atoms with van der Waals surface area (Å²) >= 11 is 6.29. The third-order valence-electron chi connectivity index (χ3n) is 3.44. The molecule has 0 spiro atoms. The monoisotopic (exact) mass is 362 g/mol. The van der Waals surface area contributed by atoms with Crippen molar-refractivity contribution < 1.29 is 14.3 Å². The van der Waals surface area contributed by atoms with Crippen LogP contribution in [0.25, 0.3) is 0 Å². The molecular formula is C16H24Cl2N2O3. The lowest BCUT2D eigenvalue weighted by Gasteiger charge is -2.27. The van der Waals surface area contributed by atoms with Gasteiger partial charge in [0.1, 0.15) is 0 Å². The minimum Gasteiger partial charge on any atom is -0.493 e. The fourth-order valence-electron chi connectivity index (χ4n) is 2.28. The Labute approximate surface area is 148 Å². The summed E-state index contributed by atoms with van der Waals surface area (Å²) in [6, 6.07) is 3.36. The summed E-state index contributed by atoms with van der Waals surface area (Å²) in [6.07, 6.45) is 0. The average molecular weight is 363 g/mol. The van der Waals surface area contributed by atoms with Gasteiger partial charge in [-0.25, -0.2) is 0 Å². The Balaban J connectivity index is 0.00000264. The number of nitrogens with zero attached hydrogens (tertiary/aromatic N) is 1. The molecule has 1 aromatic carbocycles. The van der Waals surface area contributed by atoms with Crippen LogP contribution in [0.2, 0.25) is 5.02 Å². The molecule has 1 aliphatic heterocycles. The van der Waals surface area contributed by atoms with E-state index in [1.165, 1.54) is 0 Å². The van der Waals surface area contributed by atoms with Gasteiger partial charge in [-0.1, -0.05) is 25.4 Å². The second kappa shape index (κ2) is 9.21. The molecule has 0 unspecified atom stereocenters. The predicted molar refractivity (Wildman–Crippen MR) is 94.4 cm³/mol. The molecule has 0 bridgehead atoms. The quantitative estimate of drug-likeness (QED) is 0.874. The Kier molecular flexibility index (Phi) is 7.95. The predicted octanol–water partition coefficient (Wildman–Crippen LogP) is 2.85. The molecule has 23 heavy (non-hydrogen) atoms. The number of nitrogens with one attached hydrogen (secondary N) is 1. The highest BCUT2D eigenvalue weighted by Gasteiger charge is 2.21. The van der Waals surface area contributed by atoms with Gasteiger partial charge in [-0.2, -0.15) is 0 Å². The van der Waals surface area contributed by atoms with E-state index in [0.717, 1.165) is 13.1 Å². The molecule has 0 aromatic heterocycles. The van der Waals surface area contributed by atoms with Crippen molar-refractivity contribution >= 4 is 29.9 Å². The van der Waals surface area contributed by atoms with Crippen LogP contribution in [0.3, 0.4) is 0 Å². The van der Waals surface area contributed by atoms with E-state index in [2.05, 4.69) is 19.2 Å². The van der Waals surface area contributed by atoms with Crippen molar-refractivity contribution in [2.75, 3.05) is 39.9 Å². The molecule has 0 atom stereocenters. The Morgan fingerprint density at radius 3 is 2.57 bits per heavy atom. The molecule has 1 aromatic rings. The van der Waals surface area contributed by atoms with E-state index in [0.29, 0.717) is 47.7 Å². The van der Waals surface area contributed by atoms with Gasteiger partial charge in [0.25, 0.3) is 5.91 Å². The molecule has 5 nitrogen and oxygen atoms in total. The molecule has 0 aliphatic carbocycles. The van der Waals surface area contributed by atoms with E-state index in [9.17, 15) is 4.79 Å². The summed E-state index contributed by atoms with van der Waals surface area (Å²) in [6.45, 7) is 7.68. The van der Waals surface area contributed by atoms with Gasteiger partial charge in [0.2, 0.25) is 0 Å². The molecule has 0 saturated carbocycles. The molecule has 1 heterocycles. The normalized spacial score (nSPS) is 14.4. The second-order valence-electron chi connectivity index (χ2n) is 5.74. The maximum atomic E-state index is 12.5. The maximum absolute atomic E-state index is 12.5. The standard InChI is InChI=1S/C16H23ClN2O3.ClH/c1-11(2)10-22-15-13(17)8-12(9-14(15)21-3)16(20)19-6-4-18-5-7-19;/h8-9,11,18H,4-7,10H2,1-3H3;1H. The van der Waals surface area contributed by atoms with E-state index in [-0.39, 0.29) is 18.3 Å². The first-order chi connectivity index (χ1) is 10.5. The molecule has 0 radical (unpaired) electrons. The van der Waals surface area contributed by atoms with Crippen LogP contribution in [-0.4, -0.2) is 50.7 Å². The van der Waals surface area contributed by atoms with Crippen LogP contribution in [0.4, 0.5) is 0 Å². The lowest BCUT2D eigenvalue weighted by molar-refractivity contribution is 0.0735. The zero-order valence-corrected chi connectivity index (χ0v) is 15.3. The molecular weight excluding hydrogens is 339 g/mol. The largest absolute Gasteiger partial charge is 0.493 e. The van der Waals surface area contributed by atoms with Crippen LogP contribution in [0.1, 0.15) is 24.2 Å². The lowest BCUT2D eigenvalue weighted by atomic mass is 10.1. The molecule has 1 fully saturated rings. The number of benzene rings is 1. The SMILES string of the molecule is COc1cc(C(=O)N2CCNCC2)cc(Cl)c1OCC(C)C.Cl. The topological polar surface area (TPSA) is 50.8 Å². The van der Waals surface area contributed by atoms with Crippen molar-refractivity contribution in [2.24, 2.45) is 5.92 Å². The number of hydrogen-bond acceptors (Lipinski definition) is 4. The summed E-state index contributed by atoms with van der Waals surface area (Å²) in [4.78, 5) is 14.4. The molecule has 1 amide bonds. The Hall–Kier alpha value is -1.17. The number of methoxy groups -OCH3 is 1. The van der Waals surface area contributed by atoms with Crippen molar-refractivity contribution in [2.45, 2.75) is 13.8 Å². The van der Waals surface area contributed by atoms with Crippen LogP contribution in [-0.2, 0) is 0 Å². The van der Waals surface area contributed by atoms with Crippen molar-refractivity contribution in [3.05, 3.63) is 22.7 Å². The number of piperazine rings is 1. The summed E-state index contributed by atoms with van der Waals surface area (Å²) in [5, 5.41) is 3.63. The minimum absolute atomic E-state index is 0. The van der Waals surface area contributed by atoms with E-state index in [1.54, 1.807) is 19.2 Å². The van der Waals surface area contributed by atoms with Gasteiger partial charge in [0.05, 0.1) is 18.7 Å². The summed E-state index contributed by atoms with van der Waals surface area (Å²) in [5.74, 6) is 1.33. The van der Waals surface area contributed by atoms with Crippen molar-refractivity contribution in [1.82, 2.24) is 10.2 Å². The van der Waals surface area contributed by atoms with Gasteiger partial charge in [0, 0.05) is 31.7 Å². The third kappa shape index (κ3) is 5.16. The van der Waals surface area contributed by atoms with Crippen LogP contribution in [0.15, 0.2) is 12.1 Å². The molecule has 130 valence electrons. The first-order valence-electron chi connectivity index (χ1n) is 7.53. The van der Waals surface area contributed by atoms with Gasteiger partial charge in [-0.15, -0.1) is 12.4 Å². The zero-order valence-electron chi connectivity index (χ0n) is 13.7. The second-order valence-corrected chi connectivity index (χ2v) is 6.14. The van der Waals surface area contributed by atoms with Gasteiger partial charge < -0.3 is 19.7 Å². The molecule has 1 N–H and O–H groups in total. The highest BCUT2D eigenvalue weighted by Crippen LogP contribution is 2.37. The van der Waals surface area contributed by atoms with E-state index in [4.69, 9.17) is 21.1 Å². The summed E-state index contributed by atoms with van der Waals surface area (Å²) in [7, 11) is 1.55. The number of carbonyl (C=O) groups excluding carboxylic acids is 1. The van der Waals surface area contributed by atoms with Crippen molar-refractivity contribution in [1.29, 1.82) is 0 Å². The third-order valence-corrected chi connectivity index (χ3v) is 3.72. The summed E-state index contributed by atoms with van der Waals surface area (Å²) < 4.78 is 11.1. The smallest absolute Gasteiger partial charge is 0.254 e. The first kappa shape index (κ1) is 19.9. The number of amides is 1. The van der Waals surface area contributed by atoms with E-state index >= 15 is 0 Å². The molecule has 2 rings (SSSR count). The van der Waals surface area contributed by atoms with Crippen LogP contribution in [0.5, 0.6) is 11.5 Å². The van der Waals surface area contributed by atoms with Gasteiger partial charge in [-0.3, -0.25) is 4.79 Å². The zero-order chi connectivity index (χ0) is 16.1. The van der Waals surface area contributed by atoms with Gasteiger partial charge in [0.15, 0.2) is 11.5 Å². The van der Waals surface area contributed by atoms with Crippen LogP contribution in [0, 0.1) is 5.92 Å². The number of hydrogen-bond donors (Lipinski definition) is 1. The Morgan fingerprint density at radius 2 is 2.00 bits per heavy atom. The number of ether oxygens (including phenoxy) is 2. The van der Waals surface area contributed by atoms with Crippen LogP contribution < -0.4 is 14.8 Å². The number of rotatable bonds is 5. The summed E-state index contributed by atoms with van der Waals surface area (Å²) in [5.41, 5.74) is 0.528. The fourth-order valence-corrected chi connectivity index (χ4v) is 2.55. The fraction of sp³-hybridized carbons (Fsp3) is 0.562. The van der Waals surface area contributed by atoms with E-state index < -0.39 is 0 Å². The molecule has 1 saturated heterocycles. The average Bonchev–Trinajstić information content (AvgIpc) is 2.52. The van der Waals surface area contributed by atoms with Crippen molar-refractivity contribution in [3.8, 4) is 11.5 Å². The Bertz CT molecular complexity index is 532. The van der Waals surface area contributed by atoms with E-state index in [1.807, 2.05) is 4.90 Å². The first-order valence-corrected chi connectivity index (χ1v) is 7.91. The minimum atomic E-state index is -0.0305. The highest BCUT2D eigenvalue weighted by atomic mass is 35.5.